The molecule has 0 atom stereocenters. The van der Waals surface area contributed by atoms with Crippen LogP contribution in [0.5, 0.6) is 0 Å². The zero-order valence-corrected chi connectivity index (χ0v) is 11.4. The Kier molecular flexibility index (Phi) is 3.18. The average molecular weight is 228 g/mol. The minimum Gasteiger partial charge on any atom is -0.520 e. The van der Waals surface area contributed by atoms with Crippen molar-refractivity contribution in [1.82, 2.24) is 0 Å². The van der Waals surface area contributed by atoms with Crippen LogP contribution in [-0.2, 0) is 13.9 Å². The Balaban J connectivity index is 2.85. The van der Waals surface area contributed by atoms with Crippen molar-refractivity contribution >= 4 is 8.32 Å². The van der Waals surface area contributed by atoms with Gasteiger partial charge in [0, 0.05) is 13.8 Å². The monoisotopic (exact) mass is 228 g/mol. The second-order valence-electron chi connectivity index (χ2n) is 4.97. The highest BCUT2D eigenvalue weighted by Gasteiger charge is 2.31. The first-order valence-electron chi connectivity index (χ1n) is 5.17. The number of hydrogen-bond acceptors (Lipinski definition) is 3. The van der Waals surface area contributed by atoms with Crippen molar-refractivity contribution in [3.63, 3.8) is 0 Å². The zero-order chi connectivity index (χ0) is 11.7. The molecule has 0 amide bonds. The quantitative estimate of drug-likeness (QED) is 0.678. The van der Waals surface area contributed by atoms with E-state index >= 15 is 0 Å². The van der Waals surface area contributed by atoms with Gasteiger partial charge in [-0.3, -0.25) is 0 Å². The molecule has 4 heteroatoms. The van der Waals surface area contributed by atoms with Gasteiger partial charge in [-0.05, 0) is 32.6 Å². The molecule has 0 aliphatic carbocycles. The second-order valence-corrected chi connectivity index (χ2v) is 9.40. The van der Waals surface area contributed by atoms with Crippen molar-refractivity contribution in [3.05, 3.63) is 23.9 Å². The molecular weight excluding hydrogens is 208 g/mol. The summed E-state index contributed by atoms with van der Waals surface area (Å²) in [6.07, 6.45) is 3.70. The molecule has 86 valence electrons. The molecule has 3 nitrogen and oxygen atoms in total. The van der Waals surface area contributed by atoms with Crippen LogP contribution in [0, 0.1) is 0 Å². The molecule has 0 saturated heterocycles. The third-order valence-electron chi connectivity index (χ3n) is 1.66. The van der Waals surface area contributed by atoms with Crippen LogP contribution in [0.4, 0.5) is 0 Å². The van der Waals surface area contributed by atoms with E-state index in [-0.39, 0.29) is 0 Å². The molecule has 1 heterocycles. The van der Waals surface area contributed by atoms with E-state index in [1.54, 1.807) is 6.08 Å². The normalized spacial score (nSPS) is 22.8. The summed E-state index contributed by atoms with van der Waals surface area (Å²) in [6, 6.07) is 0. The fraction of sp³-hybridized carbons (Fsp3) is 0.636. The Morgan fingerprint density at radius 3 is 2.33 bits per heavy atom. The number of rotatable bonds is 2. The van der Waals surface area contributed by atoms with Crippen molar-refractivity contribution in [2.75, 3.05) is 0 Å². The maximum Gasteiger partial charge on any atom is 0.272 e. The lowest BCUT2D eigenvalue weighted by atomic mass is 10.3. The van der Waals surface area contributed by atoms with Gasteiger partial charge in [0.05, 0.1) is 6.08 Å². The smallest absolute Gasteiger partial charge is 0.272 e. The van der Waals surface area contributed by atoms with Crippen molar-refractivity contribution < 1.29 is 13.9 Å². The SMILES string of the molecule is CC=C1C=C(O[Si](C)(C)C)OC(C)(C)O1. The summed E-state index contributed by atoms with van der Waals surface area (Å²) in [7, 11) is -1.63. The molecule has 1 aliphatic heterocycles. The van der Waals surface area contributed by atoms with Crippen LogP contribution < -0.4 is 0 Å². The first-order chi connectivity index (χ1) is 6.72. The fourth-order valence-electron chi connectivity index (χ4n) is 1.22. The second kappa shape index (κ2) is 3.93. The predicted molar refractivity (Wildman–Crippen MR) is 62.5 cm³/mol. The largest absolute Gasteiger partial charge is 0.520 e. The van der Waals surface area contributed by atoms with Crippen molar-refractivity contribution in [1.29, 1.82) is 0 Å². The van der Waals surface area contributed by atoms with E-state index in [9.17, 15) is 0 Å². The van der Waals surface area contributed by atoms with Crippen LogP contribution >= 0.6 is 0 Å². The first-order valence-corrected chi connectivity index (χ1v) is 8.58. The zero-order valence-electron chi connectivity index (χ0n) is 10.4. The van der Waals surface area contributed by atoms with E-state index < -0.39 is 14.1 Å². The standard InChI is InChI=1S/C11H20O3Si/c1-7-9-8-10(14-15(4,5)6)13-11(2,3)12-9/h7-8H,1-6H3. The van der Waals surface area contributed by atoms with Gasteiger partial charge in [0.1, 0.15) is 5.76 Å². The molecule has 1 rings (SSSR count). The molecule has 0 spiro atoms. The van der Waals surface area contributed by atoms with Crippen LogP contribution in [0.15, 0.2) is 23.9 Å². The summed E-state index contributed by atoms with van der Waals surface area (Å²) in [5.41, 5.74) is 0. The van der Waals surface area contributed by atoms with E-state index in [2.05, 4.69) is 19.6 Å². The van der Waals surface area contributed by atoms with Crippen LogP contribution in [0.2, 0.25) is 19.6 Å². The van der Waals surface area contributed by atoms with Crippen LogP contribution in [0.25, 0.3) is 0 Å². The lowest BCUT2D eigenvalue weighted by Gasteiger charge is -2.34. The minimum atomic E-state index is -1.63. The fourth-order valence-corrected chi connectivity index (χ4v) is 1.92. The van der Waals surface area contributed by atoms with Gasteiger partial charge < -0.3 is 13.9 Å². The number of hydrogen-bond donors (Lipinski definition) is 0. The molecule has 0 N–H and O–H groups in total. The van der Waals surface area contributed by atoms with Crippen molar-refractivity contribution in [2.45, 2.75) is 46.2 Å². The Hall–Kier alpha value is -0.903. The lowest BCUT2D eigenvalue weighted by Crippen LogP contribution is -2.35. The van der Waals surface area contributed by atoms with E-state index in [1.165, 1.54) is 0 Å². The van der Waals surface area contributed by atoms with Gasteiger partial charge in [-0.15, -0.1) is 0 Å². The topological polar surface area (TPSA) is 27.7 Å². The summed E-state index contributed by atoms with van der Waals surface area (Å²) in [5, 5.41) is 0. The van der Waals surface area contributed by atoms with E-state index in [0.717, 1.165) is 5.76 Å². The summed E-state index contributed by atoms with van der Waals surface area (Å²) >= 11 is 0. The van der Waals surface area contributed by atoms with Gasteiger partial charge in [-0.25, -0.2) is 0 Å². The van der Waals surface area contributed by atoms with Crippen LogP contribution in [-0.4, -0.2) is 14.1 Å². The molecule has 0 aromatic rings. The van der Waals surface area contributed by atoms with E-state index in [4.69, 9.17) is 13.9 Å². The molecule has 0 aromatic carbocycles. The van der Waals surface area contributed by atoms with Gasteiger partial charge in [0.25, 0.3) is 5.95 Å². The first kappa shape index (κ1) is 12.2. The number of ether oxygens (including phenoxy) is 2. The van der Waals surface area contributed by atoms with E-state index in [0.29, 0.717) is 5.95 Å². The third kappa shape index (κ3) is 3.99. The highest BCUT2D eigenvalue weighted by Crippen LogP contribution is 2.29. The van der Waals surface area contributed by atoms with E-state index in [1.807, 2.05) is 26.8 Å². The summed E-state index contributed by atoms with van der Waals surface area (Å²) < 4.78 is 17.0. The molecule has 0 fully saturated rings. The molecule has 0 aromatic heterocycles. The molecular formula is C11H20O3Si. The van der Waals surface area contributed by atoms with Gasteiger partial charge in [-0.1, -0.05) is 0 Å². The summed E-state index contributed by atoms with van der Waals surface area (Å²) in [4.78, 5) is 0. The highest BCUT2D eigenvalue weighted by atomic mass is 28.4. The van der Waals surface area contributed by atoms with Gasteiger partial charge in [0.15, 0.2) is 0 Å². The molecule has 0 bridgehead atoms. The maximum absolute atomic E-state index is 5.80. The lowest BCUT2D eigenvalue weighted by molar-refractivity contribution is -0.194. The summed E-state index contributed by atoms with van der Waals surface area (Å²) in [5.74, 6) is 0.712. The van der Waals surface area contributed by atoms with Crippen molar-refractivity contribution in [2.24, 2.45) is 0 Å². The maximum atomic E-state index is 5.80. The van der Waals surface area contributed by atoms with Gasteiger partial charge in [-0.2, -0.15) is 0 Å². The molecule has 0 unspecified atom stereocenters. The van der Waals surface area contributed by atoms with Crippen LogP contribution in [0.1, 0.15) is 20.8 Å². The Morgan fingerprint density at radius 1 is 1.27 bits per heavy atom. The van der Waals surface area contributed by atoms with Gasteiger partial charge in [0.2, 0.25) is 14.1 Å². The highest BCUT2D eigenvalue weighted by molar-refractivity contribution is 6.70. The molecule has 0 saturated carbocycles. The Labute approximate surface area is 92.8 Å². The third-order valence-corrected chi connectivity index (χ3v) is 2.47. The Bertz CT molecular complexity index is 297. The van der Waals surface area contributed by atoms with Crippen LogP contribution in [0.3, 0.4) is 0 Å². The molecule has 15 heavy (non-hydrogen) atoms. The molecule has 0 radical (unpaired) electrons. The number of allylic oxidation sites excluding steroid dienone is 2. The average Bonchev–Trinajstić information content (AvgIpc) is 1.97. The molecule has 1 aliphatic rings. The summed E-state index contributed by atoms with van der Waals surface area (Å²) in [6.45, 7) is 12.0. The Morgan fingerprint density at radius 2 is 1.87 bits per heavy atom. The minimum absolute atomic E-state index is 0.568. The van der Waals surface area contributed by atoms with Gasteiger partial charge >= 0.3 is 0 Å². The van der Waals surface area contributed by atoms with Crippen molar-refractivity contribution in [3.8, 4) is 0 Å². The predicted octanol–water partition coefficient (Wildman–Crippen LogP) is 3.37.